The zero-order chi connectivity index (χ0) is 11.8. The summed E-state index contributed by atoms with van der Waals surface area (Å²) < 4.78 is 2.02. The van der Waals surface area contributed by atoms with Crippen molar-refractivity contribution in [1.29, 1.82) is 0 Å². The predicted molar refractivity (Wildman–Crippen MR) is 76.0 cm³/mol. The average molecular weight is 354 g/mol. The first-order valence-corrected chi connectivity index (χ1v) is 6.95. The van der Waals surface area contributed by atoms with E-state index >= 15 is 0 Å². The molecule has 86 valence electrons. The molecule has 0 amide bonds. The Hall–Kier alpha value is -0.870. The summed E-state index contributed by atoms with van der Waals surface area (Å²) >= 11 is 6.99. The Labute approximate surface area is 117 Å². The first kappa shape index (κ1) is 11.2. The smallest absolute Gasteiger partial charge is 0.143 e. The van der Waals surface area contributed by atoms with Gasteiger partial charge in [0.1, 0.15) is 5.82 Å². The molecule has 0 N–H and O–H groups in total. The highest BCUT2D eigenvalue weighted by Gasteiger charge is 2.21. The van der Waals surface area contributed by atoms with Crippen molar-refractivity contribution in [2.24, 2.45) is 0 Å². The topological polar surface area (TPSA) is 16.1 Å². The average Bonchev–Trinajstić information content (AvgIpc) is 2.72. The molecule has 1 aromatic carbocycles. The molecule has 0 saturated carbocycles. The molecule has 17 heavy (non-hydrogen) atoms. The zero-order valence-corrected chi connectivity index (χ0v) is 12.2. The summed E-state index contributed by atoms with van der Waals surface area (Å²) in [6.45, 7) is 1.87. The van der Waals surface area contributed by atoms with E-state index in [0.29, 0.717) is 0 Å². The van der Waals surface area contributed by atoms with Gasteiger partial charge in [0.05, 0.1) is 4.47 Å². The second-order valence-corrected chi connectivity index (χ2v) is 5.85. The highest BCUT2D eigenvalue weighted by Crippen LogP contribution is 2.32. The molecule has 0 bridgehead atoms. The van der Waals surface area contributed by atoms with Crippen LogP contribution in [0.3, 0.4) is 0 Å². The predicted octanol–water partition coefficient (Wildman–Crippen LogP) is 4.13. The molecule has 0 aliphatic carbocycles. The van der Waals surface area contributed by atoms with Crippen LogP contribution in [0.4, 0.5) is 5.82 Å². The molecule has 2 aromatic rings. The van der Waals surface area contributed by atoms with Gasteiger partial charge < -0.3 is 4.90 Å². The number of fused-ring (bicyclic) bond motifs is 1. The molecular formula is C13H10Br2N2. The fraction of sp³-hybridized carbons (Fsp3) is 0.154. The molecule has 0 radical (unpaired) electrons. The van der Waals surface area contributed by atoms with Crippen LogP contribution in [-0.2, 0) is 13.1 Å². The van der Waals surface area contributed by atoms with Crippen LogP contribution in [0.25, 0.3) is 0 Å². The van der Waals surface area contributed by atoms with Gasteiger partial charge in [-0.2, -0.15) is 0 Å². The molecule has 2 nitrogen and oxygen atoms in total. The first-order chi connectivity index (χ1) is 8.24. The Balaban J connectivity index is 1.94. The van der Waals surface area contributed by atoms with Crippen molar-refractivity contribution in [2.75, 3.05) is 4.90 Å². The summed E-state index contributed by atoms with van der Waals surface area (Å²) in [6.07, 6.45) is 1.84. The number of aromatic nitrogens is 1. The number of hydrogen-bond acceptors (Lipinski definition) is 2. The minimum atomic E-state index is 0.934. The van der Waals surface area contributed by atoms with Crippen molar-refractivity contribution in [2.45, 2.75) is 13.1 Å². The maximum atomic E-state index is 4.48. The van der Waals surface area contributed by atoms with E-state index in [4.69, 9.17) is 0 Å². The van der Waals surface area contributed by atoms with Gasteiger partial charge in [0.2, 0.25) is 0 Å². The fourth-order valence-corrected chi connectivity index (χ4v) is 3.36. The van der Waals surface area contributed by atoms with Crippen LogP contribution in [0.2, 0.25) is 0 Å². The maximum Gasteiger partial charge on any atom is 0.143 e. The lowest BCUT2D eigenvalue weighted by Crippen LogP contribution is -2.16. The number of hydrogen-bond donors (Lipinski definition) is 0. The van der Waals surface area contributed by atoms with Crippen LogP contribution >= 0.6 is 31.9 Å². The summed E-state index contributed by atoms with van der Waals surface area (Å²) in [4.78, 5) is 6.75. The molecule has 4 heteroatoms. The second-order valence-electron chi connectivity index (χ2n) is 4.08. The summed E-state index contributed by atoms with van der Waals surface area (Å²) in [5, 5.41) is 0. The Morgan fingerprint density at radius 3 is 2.29 bits per heavy atom. The van der Waals surface area contributed by atoms with Gasteiger partial charge in [-0.15, -0.1) is 0 Å². The highest BCUT2D eigenvalue weighted by molar-refractivity contribution is 9.11. The van der Waals surface area contributed by atoms with E-state index in [-0.39, 0.29) is 0 Å². The molecule has 1 aromatic heterocycles. The fourth-order valence-electron chi connectivity index (χ4n) is 2.12. The molecule has 0 unspecified atom stereocenters. The lowest BCUT2D eigenvalue weighted by molar-refractivity contribution is 0.852. The Morgan fingerprint density at radius 1 is 1.06 bits per heavy atom. The Morgan fingerprint density at radius 2 is 1.71 bits per heavy atom. The number of halogens is 2. The third-order valence-corrected chi connectivity index (χ3v) is 3.95. The molecule has 1 aliphatic rings. The van der Waals surface area contributed by atoms with Crippen LogP contribution < -0.4 is 4.90 Å². The summed E-state index contributed by atoms with van der Waals surface area (Å²) in [5.74, 6) is 1.00. The van der Waals surface area contributed by atoms with Gasteiger partial charge in [-0.3, -0.25) is 0 Å². The standard InChI is InChI=1S/C13H10Br2N2/c14-11-5-12(15)13(16-6-11)17-7-9-3-1-2-4-10(9)8-17/h1-6H,7-8H2. The van der Waals surface area contributed by atoms with E-state index in [9.17, 15) is 0 Å². The summed E-state index contributed by atoms with van der Waals surface area (Å²) in [7, 11) is 0. The number of anilines is 1. The second kappa shape index (κ2) is 4.42. The van der Waals surface area contributed by atoms with Gasteiger partial charge in [-0.25, -0.2) is 4.98 Å². The molecule has 0 fully saturated rings. The van der Waals surface area contributed by atoms with E-state index in [0.717, 1.165) is 27.9 Å². The molecular weight excluding hydrogens is 344 g/mol. The minimum absolute atomic E-state index is 0.934. The van der Waals surface area contributed by atoms with E-state index in [1.165, 1.54) is 11.1 Å². The number of rotatable bonds is 1. The van der Waals surface area contributed by atoms with Crippen LogP contribution in [0.15, 0.2) is 45.5 Å². The Kier molecular flexibility index (Phi) is 2.92. The van der Waals surface area contributed by atoms with Crippen LogP contribution in [0.5, 0.6) is 0 Å². The molecule has 0 spiro atoms. The zero-order valence-electron chi connectivity index (χ0n) is 9.03. The van der Waals surface area contributed by atoms with Crippen molar-refractivity contribution < 1.29 is 0 Å². The van der Waals surface area contributed by atoms with Crippen molar-refractivity contribution in [1.82, 2.24) is 4.98 Å². The number of nitrogens with zero attached hydrogens (tertiary/aromatic N) is 2. The van der Waals surface area contributed by atoms with Crippen LogP contribution in [-0.4, -0.2) is 4.98 Å². The molecule has 0 saturated heterocycles. The first-order valence-electron chi connectivity index (χ1n) is 5.37. The highest BCUT2D eigenvalue weighted by atomic mass is 79.9. The minimum Gasteiger partial charge on any atom is -0.347 e. The van der Waals surface area contributed by atoms with Crippen molar-refractivity contribution in [3.05, 3.63) is 56.6 Å². The lowest BCUT2D eigenvalue weighted by Gasteiger charge is -2.17. The van der Waals surface area contributed by atoms with Gasteiger partial charge in [0.25, 0.3) is 0 Å². The van der Waals surface area contributed by atoms with Gasteiger partial charge in [-0.05, 0) is 49.1 Å². The summed E-state index contributed by atoms with van der Waals surface area (Å²) in [6, 6.07) is 10.6. The van der Waals surface area contributed by atoms with E-state index in [1.54, 1.807) is 0 Å². The number of benzene rings is 1. The maximum absolute atomic E-state index is 4.48. The van der Waals surface area contributed by atoms with E-state index in [1.807, 2.05) is 12.3 Å². The lowest BCUT2D eigenvalue weighted by atomic mass is 10.1. The van der Waals surface area contributed by atoms with Gasteiger partial charge in [0.15, 0.2) is 0 Å². The van der Waals surface area contributed by atoms with Crippen molar-refractivity contribution in [3.63, 3.8) is 0 Å². The van der Waals surface area contributed by atoms with Gasteiger partial charge in [-0.1, -0.05) is 24.3 Å². The van der Waals surface area contributed by atoms with Crippen molar-refractivity contribution in [3.8, 4) is 0 Å². The third kappa shape index (κ3) is 2.11. The third-order valence-electron chi connectivity index (χ3n) is 2.93. The largest absolute Gasteiger partial charge is 0.347 e. The van der Waals surface area contributed by atoms with Gasteiger partial charge >= 0.3 is 0 Å². The molecule has 3 rings (SSSR count). The van der Waals surface area contributed by atoms with Crippen LogP contribution in [0, 0.1) is 0 Å². The number of pyridine rings is 1. The Bertz CT molecular complexity index is 544. The van der Waals surface area contributed by atoms with E-state index in [2.05, 4.69) is 66.0 Å². The normalized spacial score (nSPS) is 13.9. The quantitative estimate of drug-likeness (QED) is 0.766. The monoisotopic (exact) mass is 352 g/mol. The summed E-state index contributed by atoms with van der Waals surface area (Å²) in [5.41, 5.74) is 2.79. The van der Waals surface area contributed by atoms with Crippen LogP contribution in [0.1, 0.15) is 11.1 Å². The van der Waals surface area contributed by atoms with Crippen molar-refractivity contribution >= 4 is 37.7 Å². The van der Waals surface area contributed by atoms with E-state index < -0.39 is 0 Å². The molecule has 0 atom stereocenters. The SMILES string of the molecule is Brc1cnc(N2Cc3ccccc3C2)c(Br)c1. The molecule has 1 aliphatic heterocycles. The van der Waals surface area contributed by atoms with Gasteiger partial charge in [0, 0.05) is 23.8 Å². The molecule has 2 heterocycles.